The van der Waals surface area contributed by atoms with E-state index in [9.17, 15) is 0 Å². The summed E-state index contributed by atoms with van der Waals surface area (Å²) in [5.74, 6) is 0. The van der Waals surface area contributed by atoms with Crippen LogP contribution < -0.4 is 0 Å². The molecule has 0 bridgehead atoms. The summed E-state index contributed by atoms with van der Waals surface area (Å²) in [5, 5.41) is 7.55. The number of fused-ring (bicyclic) bond motifs is 10. The first-order chi connectivity index (χ1) is 26.7. The molecule has 0 saturated heterocycles. The van der Waals surface area contributed by atoms with E-state index in [0.717, 1.165) is 110 Å². The van der Waals surface area contributed by atoms with Crippen molar-refractivity contribution in [3.63, 3.8) is 0 Å². The Bertz CT molecular complexity index is 3250. The van der Waals surface area contributed by atoms with Gasteiger partial charge in [-0.05, 0) is 23.6 Å². The lowest BCUT2D eigenvalue weighted by Gasteiger charge is -2.13. The van der Waals surface area contributed by atoms with Crippen LogP contribution in [0.5, 0.6) is 0 Å². The smallest absolute Gasteiger partial charge is 0.0972 e. The summed E-state index contributed by atoms with van der Waals surface area (Å²) >= 11 is 0. The van der Waals surface area contributed by atoms with Gasteiger partial charge < -0.3 is 0 Å². The second-order valence-corrected chi connectivity index (χ2v) is 13.7. The second-order valence-electron chi connectivity index (χ2n) is 13.7. The highest BCUT2D eigenvalue weighted by Gasteiger charge is 2.16. The fourth-order valence-electron chi connectivity index (χ4n) is 7.78. The quantitative estimate of drug-likeness (QED) is 0.172. The van der Waals surface area contributed by atoms with E-state index in [1.54, 1.807) is 0 Å². The van der Waals surface area contributed by atoms with Crippen LogP contribution in [0.1, 0.15) is 0 Å². The van der Waals surface area contributed by atoms with Gasteiger partial charge in [-0.15, -0.1) is 0 Å². The molecule has 250 valence electrons. The van der Waals surface area contributed by atoms with Gasteiger partial charge in [0.1, 0.15) is 0 Å². The maximum absolute atomic E-state index is 5.27. The summed E-state index contributed by atoms with van der Waals surface area (Å²) in [4.78, 5) is 25.7. The normalized spacial score (nSPS) is 11.7. The molecule has 5 heterocycles. The number of hydrogen-bond acceptors (Lipinski definition) is 5. The third kappa shape index (κ3) is 4.90. The molecule has 0 saturated carbocycles. The number of hydrogen-bond donors (Lipinski definition) is 0. The van der Waals surface area contributed by atoms with E-state index < -0.39 is 0 Å². The minimum absolute atomic E-state index is 0.851. The topological polar surface area (TPSA) is 64.5 Å². The van der Waals surface area contributed by atoms with Crippen LogP contribution in [0.4, 0.5) is 0 Å². The number of aromatic nitrogens is 5. The van der Waals surface area contributed by atoms with Gasteiger partial charge in [-0.3, -0.25) is 4.98 Å². The van der Waals surface area contributed by atoms with Crippen molar-refractivity contribution in [2.75, 3.05) is 0 Å². The first-order valence-electron chi connectivity index (χ1n) is 18.1. The van der Waals surface area contributed by atoms with Gasteiger partial charge >= 0.3 is 0 Å². The summed E-state index contributed by atoms with van der Waals surface area (Å²) in [6.45, 7) is 0. The predicted octanol–water partition coefficient (Wildman–Crippen LogP) is 12.2. The molecule has 5 nitrogen and oxygen atoms in total. The summed E-state index contributed by atoms with van der Waals surface area (Å²) in [5.41, 5.74) is 12.3. The van der Waals surface area contributed by atoms with Crippen LogP contribution in [0.15, 0.2) is 176 Å². The third-order valence-corrected chi connectivity index (χ3v) is 10.5. The summed E-state index contributed by atoms with van der Waals surface area (Å²) in [6, 6.07) is 58.9. The molecule has 0 spiro atoms. The molecule has 0 radical (unpaired) electrons. The van der Waals surface area contributed by atoms with E-state index in [-0.39, 0.29) is 0 Å². The molecule has 0 N–H and O–H groups in total. The molecule has 54 heavy (non-hydrogen) atoms. The largest absolute Gasteiger partial charge is 0.252 e. The third-order valence-electron chi connectivity index (χ3n) is 10.5. The Balaban J connectivity index is 1.02. The van der Waals surface area contributed by atoms with Gasteiger partial charge in [0.25, 0.3) is 0 Å². The molecule has 5 aromatic heterocycles. The van der Waals surface area contributed by atoms with Crippen LogP contribution in [-0.2, 0) is 0 Å². The molecule has 0 aliphatic rings. The zero-order chi connectivity index (χ0) is 35.6. The van der Waals surface area contributed by atoms with E-state index in [4.69, 9.17) is 24.9 Å². The highest BCUT2D eigenvalue weighted by molar-refractivity contribution is 6.23. The Morgan fingerprint density at radius 3 is 1.31 bits per heavy atom. The van der Waals surface area contributed by atoms with Crippen molar-refractivity contribution in [2.45, 2.75) is 0 Å². The summed E-state index contributed by atoms with van der Waals surface area (Å²) < 4.78 is 0. The highest BCUT2D eigenvalue weighted by atomic mass is 14.8. The molecule has 0 atom stereocenters. The molecule has 11 rings (SSSR count). The van der Waals surface area contributed by atoms with Gasteiger partial charge in [-0.25, -0.2) is 19.9 Å². The van der Waals surface area contributed by atoms with Crippen molar-refractivity contribution in [1.29, 1.82) is 0 Å². The van der Waals surface area contributed by atoms with E-state index in [0.29, 0.717) is 0 Å². The molecule has 0 unspecified atom stereocenters. The van der Waals surface area contributed by atoms with Crippen molar-refractivity contribution in [3.05, 3.63) is 176 Å². The Morgan fingerprint density at radius 1 is 0.296 bits per heavy atom. The second kappa shape index (κ2) is 12.1. The van der Waals surface area contributed by atoms with Crippen molar-refractivity contribution in [2.24, 2.45) is 0 Å². The van der Waals surface area contributed by atoms with Gasteiger partial charge in [-0.1, -0.05) is 152 Å². The van der Waals surface area contributed by atoms with E-state index in [1.807, 2.05) is 42.6 Å². The molecule has 0 aliphatic carbocycles. The minimum Gasteiger partial charge on any atom is -0.252 e. The molecule has 5 heteroatoms. The highest BCUT2D eigenvalue weighted by Crippen LogP contribution is 2.38. The van der Waals surface area contributed by atoms with Crippen LogP contribution in [0, 0.1) is 0 Å². The lowest BCUT2D eigenvalue weighted by atomic mass is 9.97. The number of nitrogens with zero attached hydrogens (tertiary/aromatic N) is 5. The Kier molecular flexibility index (Phi) is 6.79. The van der Waals surface area contributed by atoms with Crippen molar-refractivity contribution in [3.8, 4) is 45.0 Å². The average Bonchev–Trinajstić information content (AvgIpc) is 3.25. The number of pyridine rings is 5. The Labute approximate surface area is 310 Å². The standard InChI is InChI=1S/C49H29N5/c1-3-9-30(10-4-1)40-26-22-34-19-20-35-23-28-42(52-47(35)46(34)51-40)32-15-17-33(18-16-32)45-38-14-8-7-13-37(38)44-39-25-21-36-24-27-41(31-11-5-2-6-12-31)53-48(36)49(39)50-29-43(44)54-45/h1-29H. The predicted molar refractivity (Wildman–Crippen MR) is 222 cm³/mol. The van der Waals surface area contributed by atoms with Crippen molar-refractivity contribution in [1.82, 2.24) is 24.9 Å². The van der Waals surface area contributed by atoms with E-state index in [2.05, 4.69) is 133 Å². The lowest BCUT2D eigenvalue weighted by Crippen LogP contribution is -1.94. The zero-order valence-electron chi connectivity index (χ0n) is 29.0. The fourth-order valence-corrected chi connectivity index (χ4v) is 7.78. The van der Waals surface area contributed by atoms with Gasteiger partial charge in [0.2, 0.25) is 0 Å². The van der Waals surface area contributed by atoms with Crippen molar-refractivity contribution < 1.29 is 0 Å². The average molecular weight is 688 g/mol. The maximum Gasteiger partial charge on any atom is 0.0972 e. The van der Waals surface area contributed by atoms with Crippen LogP contribution in [-0.4, -0.2) is 24.9 Å². The lowest BCUT2D eigenvalue weighted by molar-refractivity contribution is 1.35. The van der Waals surface area contributed by atoms with E-state index >= 15 is 0 Å². The van der Waals surface area contributed by atoms with Gasteiger partial charge in [0.05, 0.1) is 56.6 Å². The molecule has 6 aromatic carbocycles. The fraction of sp³-hybridized carbons (Fsp3) is 0. The van der Waals surface area contributed by atoms with Crippen molar-refractivity contribution >= 4 is 65.3 Å². The molecule has 0 fully saturated rings. The van der Waals surface area contributed by atoms with Crippen LogP contribution in [0.2, 0.25) is 0 Å². The van der Waals surface area contributed by atoms with Gasteiger partial charge in [0, 0.05) is 54.6 Å². The van der Waals surface area contributed by atoms with Crippen LogP contribution in [0.25, 0.3) is 110 Å². The summed E-state index contributed by atoms with van der Waals surface area (Å²) in [6.07, 6.45) is 1.90. The van der Waals surface area contributed by atoms with Gasteiger partial charge in [-0.2, -0.15) is 0 Å². The zero-order valence-corrected chi connectivity index (χ0v) is 29.0. The maximum atomic E-state index is 5.27. The first kappa shape index (κ1) is 30.3. The van der Waals surface area contributed by atoms with E-state index in [1.165, 1.54) is 0 Å². The Hall–Kier alpha value is -7.37. The summed E-state index contributed by atoms with van der Waals surface area (Å²) in [7, 11) is 0. The monoisotopic (exact) mass is 687 g/mol. The molecule has 0 amide bonds. The SMILES string of the molecule is c1ccc(-c2ccc3ccc4ccc(-c5ccc(-c6nc7cnc8c(ccc9ccc(-c%10ccccc%10)nc98)c7c7ccccc67)cc5)nc4c3n2)cc1. The molecule has 0 aliphatic heterocycles. The molecular weight excluding hydrogens is 659 g/mol. The van der Waals surface area contributed by atoms with Crippen LogP contribution >= 0.6 is 0 Å². The first-order valence-corrected chi connectivity index (χ1v) is 18.1. The number of rotatable bonds is 4. The van der Waals surface area contributed by atoms with Crippen LogP contribution in [0.3, 0.4) is 0 Å². The minimum atomic E-state index is 0.851. The number of benzene rings is 6. The molecular formula is C49H29N5. The Morgan fingerprint density at radius 2 is 0.741 bits per heavy atom. The molecule has 11 aromatic rings. The van der Waals surface area contributed by atoms with Gasteiger partial charge in [0.15, 0.2) is 0 Å².